The minimum absolute atomic E-state index is 0.121. The fourth-order valence-electron chi connectivity index (χ4n) is 5.59. The van der Waals surface area contributed by atoms with Gasteiger partial charge in [-0.25, -0.2) is 9.59 Å². The fourth-order valence-corrected chi connectivity index (χ4v) is 5.59. The van der Waals surface area contributed by atoms with Crippen LogP contribution in [0.25, 0.3) is 0 Å². The number of hydrogen-bond acceptors (Lipinski definition) is 8. The molecule has 1 aliphatic heterocycles. The highest BCUT2D eigenvalue weighted by atomic mass is 16.6. The van der Waals surface area contributed by atoms with Crippen molar-refractivity contribution >= 4 is 23.7 Å². The Bertz CT molecular complexity index is 1560. The molecule has 0 aromatic heterocycles. The van der Waals surface area contributed by atoms with Gasteiger partial charge in [-0.2, -0.15) is 0 Å². The third-order valence-corrected chi connectivity index (χ3v) is 8.08. The van der Waals surface area contributed by atoms with Crippen LogP contribution in [-0.2, 0) is 22.5 Å². The van der Waals surface area contributed by atoms with Crippen LogP contribution in [0.1, 0.15) is 75.4 Å². The first-order chi connectivity index (χ1) is 23.4. The highest BCUT2D eigenvalue weighted by Crippen LogP contribution is 2.34. The van der Waals surface area contributed by atoms with Crippen LogP contribution < -0.4 is 19.1 Å². The standard InChI is InChI=1S/C39H50N2O8/c1-27(2)25-48-38(44)41(30-19-21-40(22-20-30)37(43)49-39(3,4)5)33-16-15-31(47-26-29-11-9-8-10-12-29)24-32(33)34(42)17-13-28-14-18-35(45-6)36(23-28)46-7/h8-12,14-16,18,23-24,27,30H,13,17,19-22,25-26H2,1-7H3. The molecule has 0 radical (unpaired) electrons. The Morgan fingerprint density at radius 2 is 1.57 bits per heavy atom. The second kappa shape index (κ2) is 17.1. The molecule has 10 nitrogen and oxygen atoms in total. The number of nitrogens with zero attached hydrogens (tertiary/aromatic N) is 2. The molecule has 1 aliphatic rings. The number of benzene rings is 3. The van der Waals surface area contributed by atoms with E-state index >= 15 is 0 Å². The van der Waals surface area contributed by atoms with Crippen molar-refractivity contribution < 1.29 is 38.1 Å². The highest BCUT2D eigenvalue weighted by molar-refractivity contribution is 6.05. The number of ketones is 1. The summed E-state index contributed by atoms with van der Waals surface area (Å²) in [6.07, 6.45) is 0.682. The van der Waals surface area contributed by atoms with Crippen LogP contribution in [0.2, 0.25) is 0 Å². The molecule has 264 valence electrons. The average Bonchev–Trinajstić information content (AvgIpc) is 3.09. The Labute approximate surface area is 290 Å². The van der Waals surface area contributed by atoms with Gasteiger partial charge in [0.2, 0.25) is 0 Å². The Balaban J connectivity index is 1.65. The number of rotatable bonds is 13. The summed E-state index contributed by atoms with van der Waals surface area (Å²) in [6, 6.07) is 20.3. The molecule has 0 aliphatic carbocycles. The number of Topliss-reactive ketones (excluding diaryl/α,β-unsaturated/α-hetero) is 1. The number of hydrogen-bond donors (Lipinski definition) is 0. The van der Waals surface area contributed by atoms with Crippen molar-refractivity contribution in [3.8, 4) is 17.2 Å². The summed E-state index contributed by atoms with van der Waals surface area (Å²) < 4.78 is 28.3. The summed E-state index contributed by atoms with van der Waals surface area (Å²) in [7, 11) is 3.15. The minimum atomic E-state index is -0.614. The van der Waals surface area contributed by atoms with E-state index < -0.39 is 11.7 Å². The predicted molar refractivity (Wildman–Crippen MR) is 189 cm³/mol. The third-order valence-electron chi connectivity index (χ3n) is 8.08. The number of carbonyl (C=O) groups is 3. The van der Waals surface area contributed by atoms with Crippen LogP contribution in [-0.4, -0.2) is 68.4 Å². The number of piperidine rings is 1. The van der Waals surface area contributed by atoms with Crippen LogP contribution in [0.15, 0.2) is 66.7 Å². The lowest BCUT2D eigenvalue weighted by Gasteiger charge is -2.39. The molecular weight excluding hydrogens is 624 g/mol. The topological polar surface area (TPSA) is 104 Å². The smallest absolute Gasteiger partial charge is 0.414 e. The van der Waals surface area contributed by atoms with E-state index in [2.05, 4.69) is 0 Å². The Kier molecular flexibility index (Phi) is 12.9. The van der Waals surface area contributed by atoms with Gasteiger partial charge in [0.15, 0.2) is 17.3 Å². The number of ether oxygens (including phenoxy) is 5. The average molecular weight is 675 g/mol. The number of amides is 2. The van der Waals surface area contributed by atoms with Crippen LogP contribution in [0.3, 0.4) is 0 Å². The molecule has 4 rings (SSSR count). The van der Waals surface area contributed by atoms with Gasteiger partial charge in [-0.05, 0) is 87.4 Å². The normalized spacial score (nSPS) is 13.5. The predicted octanol–water partition coefficient (Wildman–Crippen LogP) is 8.10. The summed E-state index contributed by atoms with van der Waals surface area (Å²) in [5, 5.41) is 0. The van der Waals surface area contributed by atoms with Gasteiger partial charge in [-0.1, -0.05) is 50.2 Å². The lowest BCUT2D eigenvalue weighted by molar-refractivity contribution is 0.0204. The fraction of sp³-hybridized carbons (Fsp3) is 0.462. The molecule has 0 unspecified atom stereocenters. The molecule has 0 bridgehead atoms. The van der Waals surface area contributed by atoms with Crippen molar-refractivity contribution in [3.63, 3.8) is 0 Å². The molecule has 1 fully saturated rings. The molecule has 2 amide bonds. The zero-order chi connectivity index (χ0) is 35.6. The van der Waals surface area contributed by atoms with Gasteiger partial charge in [-0.3, -0.25) is 9.69 Å². The Morgan fingerprint density at radius 3 is 2.20 bits per heavy atom. The second-order valence-electron chi connectivity index (χ2n) is 13.6. The Hall–Kier alpha value is -4.73. The van der Waals surface area contributed by atoms with E-state index in [0.717, 1.165) is 11.1 Å². The zero-order valence-electron chi connectivity index (χ0n) is 29.8. The molecule has 1 saturated heterocycles. The molecule has 0 atom stereocenters. The first-order valence-corrected chi connectivity index (χ1v) is 16.9. The summed E-state index contributed by atoms with van der Waals surface area (Å²) >= 11 is 0. The Morgan fingerprint density at radius 1 is 0.878 bits per heavy atom. The van der Waals surface area contributed by atoms with Gasteiger partial charge in [0.25, 0.3) is 0 Å². The van der Waals surface area contributed by atoms with Gasteiger partial charge >= 0.3 is 12.2 Å². The molecule has 3 aromatic rings. The van der Waals surface area contributed by atoms with Crippen molar-refractivity contribution in [3.05, 3.63) is 83.4 Å². The SMILES string of the molecule is COc1ccc(CCC(=O)c2cc(OCc3ccccc3)ccc2N(C(=O)OCC(C)C)C2CCN(C(=O)OC(C)(C)C)CC2)cc1OC. The second-order valence-corrected chi connectivity index (χ2v) is 13.6. The largest absolute Gasteiger partial charge is 0.493 e. The maximum absolute atomic E-state index is 14.1. The summed E-state index contributed by atoms with van der Waals surface area (Å²) in [5.41, 5.74) is 2.10. The monoisotopic (exact) mass is 674 g/mol. The van der Waals surface area contributed by atoms with Gasteiger partial charge in [-0.15, -0.1) is 0 Å². The van der Waals surface area contributed by atoms with E-state index in [4.69, 9.17) is 23.7 Å². The van der Waals surface area contributed by atoms with Crippen LogP contribution in [0.4, 0.5) is 15.3 Å². The maximum atomic E-state index is 14.1. The minimum Gasteiger partial charge on any atom is -0.493 e. The van der Waals surface area contributed by atoms with Crippen molar-refractivity contribution in [2.24, 2.45) is 5.92 Å². The molecular formula is C39H50N2O8. The molecule has 49 heavy (non-hydrogen) atoms. The molecule has 10 heteroatoms. The van der Waals surface area contributed by atoms with Crippen molar-refractivity contribution in [1.29, 1.82) is 0 Å². The molecule has 0 saturated carbocycles. The van der Waals surface area contributed by atoms with Crippen LogP contribution in [0.5, 0.6) is 17.2 Å². The lowest BCUT2D eigenvalue weighted by Crippen LogP contribution is -2.50. The zero-order valence-corrected chi connectivity index (χ0v) is 29.8. The summed E-state index contributed by atoms with van der Waals surface area (Å²) in [5.74, 6) is 1.67. The summed E-state index contributed by atoms with van der Waals surface area (Å²) in [6.45, 7) is 10.8. The van der Waals surface area contributed by atoms with E-state index in [0.29, 0.717) is 67.5 Å². The molecule has 1 heterocycles. The number of likely N-dealkylation sites (tertiary alicyclic amines) is 1. The third kappa shape index (κ3) is 10.6. The van der Waals surface area contributed by atoms with E-state index in [-0.39, 0.29) is 36.9 Å². The van der Waals surface area contributed by atoms with Gasteiger partial charge in [0.1, 0.15) is 18.0 Å². The van der Waals surface area contributed by atoms with Crippen molar-refractivity contribution in [2.45, 2.75) is 78.6 Å². The molecule has 3 aromatic carbocycles. The first kappa shape index (κ1) is 37.1. The van der Waals surface area contributed by atoms with Gasteiger partial charge in [0, 0.05) is 31.1 Å². The highest BCUT2D eigenvalue weighted by Gasteiger charge is 2.35. The first-order valence-electron chi connectivity index (χ1n) is 16.9. The lowest BCUT2D eigenvalue weighted by atomic mass is 9.97. The molecule has 0 spiro atoms. The quantitative estimate of drug-likeness (QED) is 0.168. The molecule has 0 N–H and O–H groups in total. The van der Waals surface area contributed by atoms with Crippen molar-refractivity contribution in [1.82, 2.24) is 4.90 Å². The number of carbonyl (C=O) groups excluding carboxylic acids is 3. The van der Waals surface area contributed by atoms with Crippen LogP contribution in [0, 0.1) is 5.92 Å². The van der Waals surface area contributed by atoms with Gasteiger partial charge in [0.05, 0.1) is 26.5 Å². The number of anilines is 1. The van der Waals surface area contributed by atoms with Gasteiger partial charge < -0.3 is 28.6 Å². The van der Waals surface area contributed by atoms with E-state index in [1.807, 2.05) is 83.1 Å². The number of methoxy groups -OCH3 is 2. The summed E-state index contributed by atoms with van der Waals surface area (Å²) in [4.78, 5) is 44.1. The van der Waals surface area contributed by atoms with E-state index in [1.165, 1.54) is 0 Å². The van der Waals surface area contributed by atoms with E-state index in [9.17, 15) is 14.4 Å². The van der Waals surface area contributed by atoms with Crippen molar-refractivity contribution in [2.75, 3.05) is 38.8 Å². The maximum Gasteiger partial charge on any atom is 0.414 e. The van der Waals surface area contributed by atoms with Crippen LogP contribution >= 0.6 is 0 Å². The van der Waals surface area contributed by atoms with E-state index in [1.54, 1.807) is 42.2 Å². The number of aryl methyl sites for hydroxylation is 1.